The molecule has 0 atom stereocenters. The maximum absolute atomic E-state index is 10.5. The first-order valence-corrected chi connectivity index (χ1v) is 5.34. The summed E-state index contributed by atoms with van der Waals surface area (Å²) in [5.74, 6) is -0.794. The molecule has 1 aromatic heterocycles. The van der Waals surface area contributed by atoms with Crippen LogP contribution in [-0.4, -0.2) is 11.1 Å². The highest BCUT2D eigenvalue weighted by molar-refractivity contribution is 9.10. The highest BCUT2D eigenvalue weighted by Gasteiger charge is 2.08. The molecule has 0 fully saturated rings. The lowest BCUT2D eigenvalue weighted by Gasteiger charge is -1.99. The highest BCUT2D eigenvalue weighted by Crippen LogP contribution is 2.28. The molecule has 3 nitrogen and oxygen atoms in total. The lowest BCUT2D eigenvalue weighted by atomic mass is 10.1. The third-order valence-corrected chi connectivity index (χ3v) is 2.86. The molecule has 78 valence electrons. The minimum Gasteiger partial charge on any atom is -0.481 e. The van der Waals surface area contributed by atoms with E-state index in [1.165, 1.54) is 0 Å². The Hall–Kier alpha value is -1.29. The van der Waals surface area contributed by atoms with E-state index in [1.807, 2.05) is 18.2 Å². The van der Waals surface area contributed by atoms with Gasteiger partial charge in [0.15, 0.2) is 0 Å². The van der Waals surface area contributed by atoms with Crippen LogP contribution in [0.25, 0.3) is 11.0 Å². The van der Waals surface area contributed by atoms with E-state index in [4.69, 9.17) is 9.52 Å². The summed E-state index contributed by atoms with van der Waals surface area (Å²) in [7, 11) is 0. The van der Waals surface area contributed by atoms with Gasteiger partial charge in [0.05, 0.1) is 4.47 Å². The fourth-order valence-electron chi connectivity index (χ4n) is 1.52. The zero-order valence-electron chi connectivity index (χ0n) is 7.87. The first-order valence-electron chi connectivity index (χ1n) is 4.55. The van der Waals surface area contributed by atoms with Gasteiger partial charge >= 0.3 is 5.97 Å². The molecule has 1 heterocycles. The summed E-state index contributed by atoms with van der Waals surface area (Å²) < 4.78 is 6.27. The Morgan fingerprint density at radius 3 is 3.00 bits per heavy atom. The fourth-order valence-corrected chi connectivity index (χ4v) is 1.93. The van der Waals surface area contributed by atoms with Crippen LogP contribution in [0.15, 0.2) is 33.4 Å². The second-order valence-electron chi connectivity index (χ2n) is 3.27. The van der Waals surface area contributed by atoms with Crippen molar-refractivity contribution >= 4 is 32.9 Å². The van der Waals surface area contributed by atoms with Crippen LogP contribution in [0.5, 0.6) is 0 Å². The average Bonchev–Trinajstić information content (AvgIpc) is 2.58. The molecule has 0 aliphatic rings. The Morgan fingerprint density at radius 2 is 2.27 bits per heavy atom. The molecule has 1 N–H and O–H groups in total. The third kappa shape index (κ3) is 2.04. The maximum atomic E-state index is 10.5. The normalized spacial score (nSPS) is 10.7. The fraction of sp³-hybridized carbons (Fsp3) is 0.182. The van der Waals surface area contributed by atoms with E-state index in [-0.39, 0.29) is 6.42 Å². The predicted octanol–water partition coefficient (Wildman–Crippen LogP) is 3.21. The molecule has 4 heteroatoms. The number of hydrogen-bond acceptors (Lipinski definition) is 2. The maximum Gasteiger partial charge on any atom is 0.303 e. The number of halogens is 1. The van der Waals surface area contributed by atoms with Crippen molar-refractivity contribution in [2.75, 3.05) is 0 Å². The van der Waals surface area contributed by atoms with Crippen molar-refractivity contribution in [3.63, 3.8) is 0 Å². The summed E-state index contributed by atoms with van der Waals surface area (Å²) in [5.41, 5.74) is 1.70. The number of rotatable bonds is 3. The lowest BCUT2D eigenvalue weighted by Crippen LogP contribution is -1.97. The molecule has 15 heavy (non-hydrogen) atoms. The quantitative estimate of drug-likeness (QED) is 0.930. The van der Waals surface area contributed by atoms with Crippen molar-refractivity contribution in [1.82, 2.24) is 0 Å². The summed E-state index contributed by atoms with van der Waals surface area (Å²) >= 11 is 3.37. The van der Waals surface area contributed by atoms with Crippen molar-refractivity contribution in [3.8, 4) is 0 Å². The van der Waals surface area contributed by atoms with Gasteiger partial charge in [0.1, 0.15) is 11.8 Å². The van der Waals surface area contributed by atoms with Crippen LogP contribution in [0.2, 0.25) is 0 Å². The Balaban J connectivity index is 2.38. The smallest absolute Gasteiger partial charge is 0.303 e. The first-order chi connectivity index (χ1) is 7.18. The minimum absolute atomic E-state index is 0.122. The Kier molecular flexibility index (Phi) is 2.77. The largest absolute Gasteiger partial charge is 0.481 e. The molecule has 2 rings (SSSR count). The van der Waals surface area contributed by atoms with Gasteiger partial charge in [-0.15, -0.1) is 0 Å². The van der Waals surface area contributed by atoms with Crippen molar-refractivity contribution in [3.05, 3.63) is 34.5 Å². The molecule has 0 bridgehead atoms. The number of aryl methyl sites for hydroxylation is 1. The van der Waals surface area contributed by atoms with E-state index >= 15 is 0 Å². The number of furan rings is 1. The highest BCUT2D eigenvalue weighted by atomic mass is 79.9. The number of carbonyl (C=O) groups is 1. The number of para-hydroxylation sites is 1. The van der Waals surface area contributed by atoms with E-state index < -0.39 is 5.97 Å². The van der Waals surface area contributed by atoms with Crippen molar-refractivity contribution < 1.29 is 14.3 Å². The van der Waals surface area contributed by atoms with Crippen LogP contribution >= 0.6 is 15.9 Å². The summed E-state index contributed by atoms with van der Waals surface area (Å²) in [6.45, 7) is 0. The molecular formula is C11H9BrO3. The van der Waals surface area contributed by atoms with E-state index in [1.54, 1.807) is 6.26 Å². The molecule has 0 unspecified atom stereocenters. The van der Waals surface area contributed by atoms with Crippen LogP contribution in [-0.2, 0) is 11.2 Å². The molecule has 2 aromatic rings. The van der Waals surface area contributed by atoms with Gasteiger partial charge in [-0.25, -0.2) is 0 Å². The Morgan fingerprint density at radius 1 is 1.47 bits per heavy atom. The topological polar surface area (TPSA) is 50.4 Å². The molecule has 0 saturated heterocycles. The monoisotopic (exact) mass is 268 g/mol. The second kappa shape index (κ2) is 4.06. The van der Waals surface area contributed by atoms with Gasteiger partial charge in [0.25, 0.3) is 0 Å². The van der Waals surface area contributed by atoms with Gasteiger partial charge < -0.3 is 9.52 Å². The number of aliphatic carboxylic acids is 1. The van der Waals surface area contributed by atoms with E-state index in [0.717, 1.165) is 21.0 Å². The van der Waals surface area contributed by atoms with Crippen molar-refractivity contribution in [2.24, 2.45) is 0 Å². The molecule has 1 aromatic carbocycles. The zero-order chi connectivity index (χ0) is 10.8. The van der Waals surface area contributed by atoms with Gasteiger partial charge in [-0.05, 0) is 34.0 Å². The number of carboxylic acid groups (broad SMARTS) is 1. The number of hydrogen-bond donors (Lipinski definition) is 1. The number of carboxylic acids is 1. The SMILES string of the molecule is O=C(O)CCc1cccc2c(Br)coc12. The molecule has 0 aliphatic heterocycles. The standard InChI is InChI=1S/C11H9BrO3/c12-9-6-15-11-7(4-5-10(13)14)2-1-3-8(9)11/h1-3,6H,4-5H2,(H,13,14). The van der Waals surface area contributed by atoms with E-state index in [2.05, 4.69) is 15.9 Å². The van der Waals surface area contributed by atoms with Crippen LogP contribution in [0.4, 0.5) is 0 Å². The predicted molar refractivity (Wildman–Crippen MR) is 59.9 cm³/mol. The van der Waals surface area contributed by atoms with E-state index in [9.17, 15) is 4.79 Å². The summed E-state index contributed by atoms with van der Waals surface area (Å²) in [6.07, 6.45) is 2.24. The van der Waals surface area contributed by atoms with Crippen LogP contribution < -0.4 is 0 Å². The number of fused-ring (bicyclic) bond motifs is 1. The molecule has 0 saturated carbocycles. The van der Waals surface area contributed by atoms with Crippen LogP contribution in [0.3, 0.4) is 0 Å². The molecule has 0 spiro atoms. The lowest BCUT2D eigenvalue weighted by molar-refractivity contribution is -0.136. The van der Waals surface area contributed by atoms with E-state index in [0.29, 0.717) is 6.42 Å². The Labute approximate surface area is 94.8 Å². The Bertz CT molecular complexity index is 502. The minimum atomic E-state index is -0.794. The molecule has 0 amide bonds. The van der Waals surface area contributed by atoms with Crippen LogP contribution in [0.1, 0.15) is 12.0 Å². The molecule has 0 radical (unpaired) electrons. The second-order valence-corrected chi connectivity index (χ2v) is 4.13. The van der Waals surface area contributed by atoms with Gasteiger partial charge in [-0.2, -0.15) is 0 Å². The average molecular weight is 269 g/mol. The summed E-state index contributed by atoms with van der Waals surface area (Å²) in [6, 6.07) is 5.73. The van der Waals surface area contributed by atoms with Crippen molar-refractivity contribution in [2.45, 2.75) is 12.8 Å². The van der Waals surface area contributed by atoms with Gasteiger partial charge in [0, 0.05) is 11.8 Å². The molecular weight excluding hydrogens is 260 g/mol. The summed E-state index contributed by atoms with van der Waals surface area (Å²) in [4.78, 5) is 10.5. The first kappa shape index (κ1) is 10.2. The summed E-state index contributed by atoms with van der Waals surface area (Å²) in [5, 5.41) is 9.60. The molecule has 0 aliphatic carbocycles. The van der Waals surface area contributed by atoms with Gasteiger partial charge in [-0.1, -0.05) is 12.1 Å². The zero-order valence-corrected chi connectivity index (χ0v) is 9.45. The van der Waals surface area contributed by atoms with Crippen molar-refractivity contribution in [1.29, 1.82) is 0 Å². The van der Waals surface area contributed by atoms with Gasteiger partial charge in [0.2, 0.25) is 0 Å². The van der Waals surface area contributed by atoms with Crippen LogP contribution in [0, 0.1) is 0 Å². The third-order valence-electron chi connectivity index (χ3n) is 2.24. The number of benzene rings is 1. The van der Waals surface area contributed by atoms with Gasteiger partial charge in [-0.3, -0.25) is 4.79 Å².